The number of aromatic nitrogens is 3. The highest BCUT2D eigenvalue weighted by Crippen LogP contribution is 2.02. The molecule has 1 aromatic rings. The van der Waals surface area contributed by atoms with Gasteiger partial charge in [0.1, 0.15) is 12.2 Å². The van der Waals surface area contributed by atoms with Gasteiger partial charge in [0.05, 0.1) is 0 Å². The highest BCUT2D eigenvalue weighted by molar-refractivity contribution is 4.96. The summed E-state index contributed by atoms with van der Waals surface area (Å²) < 4.78 is 2.00. The van der Waals surface area contributed by atoms with E-state index >= 15 is 0 Å². The molecule has 102 valence electrons. The predicted octanol–water partition coefficient (Wildman–Crippen LogP) is 2.42. The molecule has 0 unspecified atom stereocenters. The fourth-order valence-electron chi connectivity index (χ4n) is 1.74. The van der Waals surface area contributed by atoms with Crippen LogP contribution in [0.2, 0.25) is 0 Å². The van der Waals surface area contributed by atoms with Crippen LogP contribution in [-0.4, -0.2) is 27.9 Å². The standard InChI is InChI=1S/C14H26N4/c1-4-9-15-10-7-5-6-8-14-16-12-17-18(14)11-13(2)3/h5-6,12-13,15H,4,7-11H2,1-3H3. The van der Waals surface area contributed by atoms with Gasteiger partial charge in [-0.3, -0.25) is 0 Å². The molecule has 4 nitrogen and oxygen atoms in total. The van der Waals surface area contributed by atoms with Crippen molar-refractivity contribution in [2.75, 3.05) is 13.1 Å². The summed E-state index contributed by atoms with van der Waals surface area (Å²) in [7, 11) is 0. The number of rotatable bonds is 9. The van der Waals surface area contributed by atoms with Gasteiger partial charge in [-0.05, 0) is 31.8 Å². The third-order valence-corrected chi connectivity index (χ3v) is 2.62. The lowest BCUT2D eigenvalue weighted by Gasteiger charge is -2.06. The summed E-state index contributed by atoms with van der Waals surface area (Å²) in [6, 6.07) is 0. The SMILES string of the molecule is CCCNCCC=CCc1ncnn1CC(C)C. The van der Waals surface area contributed by atoms with Crippen molar-refractivity contribution in [2.45, 2.75) is 46.6 Å². The Kier molecular flexibility index (Phi) is 7.34. The molecule has 0 atom stereocenters. The van der Waals surface area contributed by atoms with Crippen molar-refractivity contribution in [2.24, 2.45) is 5.92 Å². The Morgan fingerprint density at radius 2 is 2.17 bits per heavy atom. The van der Waals surface area contributed by atoms with Crippen LogP contribution in [0.5, 0.6) is 0 Å². The van der Waals surface area contributed by atoms with E-state index in [0.717, 1.165) is 38.3 Å². The lowest BCUT2D eigenvalue weighted by Crippen LogP contribution is -2.15. The topological polar surface area (TPSA) is 42.7 Å². The molecular formula is C14H26N4. The van der Waals surface area contributed by atoms with Crippen molar-refractivity contribution < 1.29 is 0 Å². The fraction of sp³-hybridized carbons (Fsp3) is 0.714. The van der Waals surface area contributed by atoms with E-state index in [2.05, 4.69) is 48.3 Å². The van der Waals surface area contributed by atoms with Crippen molar-refractivity contribution in [1.82, 2.24) is 20.1 Å². The summed E-state index contributed by atoms with van der Waals surface area (Å²) in [4.78, 5) is 4.30. The molecule has 0 saturated heterocycles. The van der Waals surface area contributed by atoms with E-state index in [1.54, 1.807) is 6.33 Å². The molecule has 0 bridgehead atoms. The van der Waals surface area contributed by atoms with Crippen LogP contribution < -0.4 is 5.32 Å². The lowest BCUT2D eigenvalue weighted by atomic mass is 10.2. The molecule has 1 rings (SSSR count). The fourth-order valence-corrected chi connectivity index (χ4v) is 1.74. The first-order chi connectivity index (χ1) is 8.74. The Labute approximate surface area is 110 Å². The lowest BCUT2D eigenvalue weighted by molar-refractivity contribution is 0.469. The average molecular weight is 250 g/mol. The highest BCUT2D eigenvalue weighted by Gasteiger charge is 2.03. The largest absolute Gasteiger partial charge is 0.316 e. The van der Waals surface area contributed by atoms with E-state index in [1.807, 2.05) is 4.68 Å². The van der Waals surface area contributed by atoms with Gasteiger partial charge in [0.2, 0.25) is 0 Å². The second-order valence-electron chi connectivity index (χ2n) is 4.97. The molecule has 1 aromatic heterocycles. The molecule has 4 heteroatoms. The summed E-state index contributed by atoms with van der Waals surface area (Å²) in [6.45, 7) is 9.69. The van der Waals surface area contributed by atoms with Crippen LogP contribution in [0.3, 0.4) is 0 Å². The molecule has 18 heavy (non-hydrogen) atoms. The van der Waals surface area contributed by atoms with Gasteiger partial charge in [-0.2, -0.15) is 5.10 Å². The second kappa shape index (κ2) is 8.86. The zero-order valence-electron chi connectivity index (χ0n) is 11.9. The molecule has 0 fully saturated rings. The smallest absolute Gasteiger partial charge is 0.138 e. The Bertz CT molecular complexity index is 341. The van der Waals surface area contributed by atoms with Crippen LogP contribution in [0.15, 0.2) is 18.5 Å². The summed E-state index contributed by atoms with van der Waals surface area (Å²) >= 11 is 0. The van der Waals surface area contributed by atoms with E-state index < -0.39 is 0 Å². The molecular weight excluding hydrogens is 224 g/mol. The first-order valence-electron chi connectivity index (χ1n) is 6.96. The van der Waals surface area contributed by atoms with Crippen LogP contribution in [0.25, 0.3) is 0 Å². The molecule has 1 N–H and O–H groups in total. The van der Waals surface area contributed by atoms with Gasteiger partial charge in [-0.15, -0.1) is 0 Å². The third-order valence-electron chi connectivity index (χ3n) is 2.62. The van der Waals surface area contributed by atoms with Crippen molar-refractivity contribution in [3.8, 4) is 0 Å². The third kappa shape index (κ3) is 5.96. The molecule has 0 aliphatic heterocycles. The minimum atomic E-state index is 0.604. The number of nitrogens with one attached hydrogen (secondary N) is 1. The molecule has 1 heterocycles. The van der Waals surface area contributed by atoms with Crippen LogP contribution in [0.4, 0.5) is 0 Å². The van der Waals surface area contributed by atoms with E-state index in [0.29, 0.717) is 5.92 Å². The monoisotopic (exact) mass is 250 g/mol. The Balaban J connectivity index is 2.26. The maximum atomic E-state index is 4.30. The van der Waals surface area contributed by atoms with Gasteiger partial charge in [0.25, 0.3) is 0 Å². The number of hydrogen-bond acceptors (Lipinski definition) is 3. The molecule has 0 spiro atoms. The van der Waals surface area contributed by atoms with Gasteiger partial charge in [-0.1, -0.05) is 32.9 Å². The van der Waals surface area contributed by atoms with Crippen molar-refractivity contribution in [3.63, 3.8) is 0 Å². The van der Waals surface area contributed by atoms with E-state index in [-0.39, 0.29) is 0 Å². The average Bonchev–Trinajstić information content (AvgIpc) is 2.75. The van der Waals surface area contributed by atoms with Crippen LogP contribution in [-0.2, 0) is 13.0 Å². The maximum absolute atomic E-state index is 4.30. The zero-order chi connectivity index (χ0) is 13.2. The quantitative estimate of drug-likeness (QED) is 0.540. The van der Waals surface area contributed by atoms with E-state index in [4.69, 9.17) is 0 Å². The second-order valence-corrected chi connectivity index (χ2v) is 4.97. The summed E-state index contributed by atoms with van der Waals surface area (Å²) in [5.74, 6) is 1.66. The minimum absolute atomic E-state index is 0.604. The summed E-state index contributed by atoms with van der Waals surface area (Å²) in [6.07, 6.45) is 9.21. The van der Waals surface area contributed by atoms with Crippen LogP contribution >= 0.6 is 0 Å². The molecule has 0 aromatic carbocycles. The minimum Gasteiger partial charge on any atom is -0.316 e. The Morgan fingerprint density at radius 1 is 1.33 bits per heavy atom. The van der Waals surface area contributed by atoms with Crippen LogP contribution in [0.1, 0.15) is 39.4 Å². The van der Waals surface area contributed by atoms with E-state index in [1.165, 1.54) is 6.42 Å². The summed E-state index contributed by atoms with van der Waals surface area (Å²) in [5, 5.41) is 7.64. The number of allylic oxidation sites excluding steroid dienone is 1. The first kappa shape index (κ1) is 14.9. The molecule has 0 saturated carbocycles. The molecule has 0 aliphatic rings. The molecule has 0 amide bonds. The van der Waals surface area contributed by atoms with Crippen molar-refractivity contribution in [1.29, 1.82) is 0 Å². The Morgan fingerprint density at radius 3 is 2.89 bits per heavy atom. The van der Waals surface area contributed by atoms with Gasteiger partial charge in [0.15, 0.2) is 0 Å². The first-order valence-corrected chi connectivity index (χ1v) is 6.96. The summed E-state index contributed by atoms with van der Waals surface area (Å²) in [5.41, 5.74) is 0. The predicted molar refractivity (Wildman–Crippen MR) is 75.5 cm³/mol. The maximum Gasteiger partial charge on any atom is 0.138 e. The van der Waals surface area contributed by atoms with Gasteiger partial charge in [0, 0.05) is 13.0 Å². The van der Waals surface area contributed by atoms with Gasteiger partial charge < -0.3 is 5.32 Å². The zero-order valence-corrected chi connectivity index (χ0v) is 11.9. The molecule has 0 radical (unpaired) electrons. The van der Waals surface area contributed by atoms with Gasteiger partial charge in [-0.25, -0.2) is 9.67 Å². The van der Waals surface area contributed by atoms with Crippen LogP contribution in [0, 0.1) is 5.92 Å². The van der Waals surface area contributed by atoms with E-state index in [9.17, 15) is 0 Å². The number of nitrogens with zero attached hydrogens (tertiary/aromatic N) is 3. The number of hydrogen-bond donors (Lipinski definition) is 1. The van der Waals surface area contributed by atoms with Crippen molar-refractivity contribution in [3.05, 3.63) is 24.3 Å². The van der Waals surface area contributed by atoms with Gasteiger partial charge >= 0.3 is 0 Å². The Hall–Kier alpha value is -1.16. The van der Waals surface area contributed by atoms with Crippen molar-refractivity contribution >= 4 is 0 Å². The molecule has 0 aliphatic carbocycles. The highest BCUT2D eigenvalue weighted by atomic mass is 15.3. The normalized spacial score (nSPS) is 11.8.